The number of hydrogen-bond donors (Lipinski definition) is 2. The smallest absolute Gasteiger partial charge is 0.243 e. The van der Waals surface area contributed by atoms with Crippen LogP contribution in [0, 0.1) is 11.7 Å². The first-order valence-electron chi connectivity index (χ1n) is 6.08. The lowest BCUT2D eigenvalue weighted by Gasteiger charge is -2.31. The van der Waals surface area contributed by atoms with E-state index in [1.165, 1.54) is 6.07 Å². The summed E-state index contributed by atoms with van der Waals surface area (Å²) < 4.78 is 40.6. The molecule has 0 heterocycles. The minimum Gasteiger partial charge on any atom is -0.396 e. The maximum absolute atomic E-state index is 13.8. The fourth-order valence-corrected chi connectivity index (χ4v) is 3.86. The summed E-state index contributed by atoms with van der Waals surface area (Å²) in [6.45, 7) is 1.78. The van der Waals surface area contributed by atoms with Gasteiger partial charge in [0.2, 0.25) is 10.0 Å². The van der Waals surface area contributed by atoms with Crippen LogP contribution in [0.25, 0.3) is 0 Å². The highest BCUT2D eigenvalue weighted by Crippen LogP contribution is 2.31. The van der Waals surface area contributed by atoms with Gasteiger partial charge >= 0.3 is 0 Å². The van der Waals surface area contributed by atoms with E-state index < -0.39 is 20.7 Å². The summed E-state index contributed by atoms with van der Waals surface area (Å²) in [7, 11) is -3.95. The Morgan fingerprint density at radius 1 is 1.47 bits per heavy atom. The van der Waals surface area contributed by atoms with Crippen LogP contribution in [0.3, 0.4) is 0 Å². The van der Waals surface area contributed by atoms with Crippen LogP contribution in [0.15, 0.2) is 17.0 Å². The number of hydrogen-bond acceptors (Lipinski definition) is 3. The lowest BCUT2D eigenvalue weighted by molar-refractivity contribution is 0.260. The molecule has 0 aromatic heterocycles. The molecule has 0 amide bonds. The quantitative estimate of drug-likeness (QED) is 0.840. The van der Waals surface area contributed by atoms with Crippen LogP contribution in [-0.2, 0) is 10.0 Å². The number of nitrogens with two attached hydrogens (primary N) is 1. The summed E-state index contributed by atoms with van der Waals surface area (Å²) in [5.41, 5.74) is 5.12. The molecule has 0 saturated heterocycles. The van der Waals surface area contributed by atoms with E-state index in [1.807, 2.05) is 0 Å². The van der Waals surface area contributed by atoms with E-state index in [1.54, 1.807) is 6.92 Å². The topological polar surface area (TPSA) is 72.2 Å². The summed E-state index contributed by atoms with van der Waals surface area (Å²) in [6.07, 6.45) is 3.09. The van der Waals surface area contributed by atoms with E-state index in [4.69, 9.17) is 17.3 Å². The Balaban J connectivity index is 2.28. The molecule has 1 aliphatic rings. The summed E-state index contributed by atoms with van der Waals surface area (Å²) in [4.78, 5) is -0.497. The summed E-state index contributed by atoms with van der Waals surface area (Å²) in [5.74, 6) is -0.646. The van der Waals surface area contributed by atoms with Crippen LogP contribution < -0.4 is 10.5 Å². The fraction of sp³-hybridized carbons (Fsp3) is 0.500. The molecule has 2 rings (SSSR count). The van der Waals surface area contributed by atoms with Gasteiger partial charge in [-0.15, -0.1) is 0 Å². The first-order valence-corrected chi connectivity index (χ1v) is 7.94. The monoisotopic (exact) mass is 306 g/mol. The first-order chi connectivity index (χ1) is 8.81. The van der Waals surface area contributed by atoms with Gasteiger partial charge in [0, 0.05) is 11.1 Å². The molecule has 4 nitrogen and oxygen atoms in total. The highest BCUT2D eigenvalue weighted by atomic mass is 35.5. The van der Waals surface area contributed by atoms with Gasteiger partial charge in [-0.2, -0.15) is 0 Å². The number of nitrogen functional groups attached to an aromatic ring is 1. The van der Waals surface area contributed by atoms with Crippen molar-refractivity contribution < 1.29 is 12.8 Å². The van der Waals surface area contributed by atoms with Crippen molar-refractivity contribution in [3.8, 4) is 0 Å². The molecule has 106 valence electrons. The van der Waals surface area contributed by atoms with Crippen LogP contribution in [-0.4, -0.2) is 14.5 Å². The van der Waals surface area contributed by atoms with E-state index in [0.29, 0.717) is 5.92 Å². The molecular formula is C12H16ClFN2O2S. The largest absolute Gasteiger partial charge is 0.396 e. The second kappa shape index (κ2) is 5.26. The Hall–Kier alpha value is -0.850. The Kier molecular flexibility index (Phi) is 4.03. The molecule has 1 saturated carbocycles. The van der Waals surface area contributed by atoms with Crippen molar-refractivity contribution in [3.63, 3.8) is 0 Å². The average molecular weight is 307 g/mol. The van der Waals surface area contributed by atoms with Crippen molar-refractivity contribution in [1.29, 1.82) is 0 Å². The molecule has 0 spiro atoms. The van der Waals surface area contributed by atoms with Crippen molar-refractivity contribution in [2.45, 2.75) is 37.1 Å². The molecule has 7 heteroatoms. The lowest BCUT2D eigenvalue weighted by atomic mass is 9.81. The van der Waals surface area contributed by atoms with Crippen molar-refractivity contribution in [1.82, 2.24) is 4.72 Å². The van der Waals surface area contributed by atoms with Crippen molar-refractivity contribution in [3.05, 3.63) is 23.0 Å². The van der Waals surface area contributed by atoms with E-state index in [-0.39, 0.29) is 16.8 Å². The minimum atomic E-state index is -3.95. The van der Waals surface area contributed by atoms with Gasteiger partial charge in [0.15, 0.2) is 5.82 Å². The molecule has 1 aromatic rings. The Morgan fingerprint density at radius 2 is 2.11 bits per heavy atom. The number of anilines is 1. The third-order valence-electron chi connectivity index (χ3n) is 3.52. The van der Waals surface area contributed by atoms with Gasteiger partial charge in [0.1, 0.15) is 4.90 Å². The number of sulfonamides is 1. The fourth-order valence-electron chi connectivity index (χ4n) is 2.12. The first kappa shape index (κ1) is 14.6. The Labute approximate surface area is 117 Å². The molecular weight excluding hydrogens is 291 g/mol. The molecule has 0 bridgehead atoms. The van der Waals surface area contributed by atoms with Gasteiger partial charge in [-0.25, -0.2) is 17.5 Å². The van der Waals surface area contributed by atoms with E-state index in [2.05, 4.69) is 4.72 Å². The van der Waals surface area contributed by atoms with Crippen LogP contribution in [0.5, 0.6) is 0 Å². The lowest BCUT2D eigenvalue weighted by Crippen LogP contribution is -2.40. The molecule has 1 aliphatic carbocycles. The van der Waals surface area contributed by atoms with Gasteiger partial charge in [-0.05, 0) is 37.8 Å². The van der Waals surface area contributed by atoms with E-state index in [0.717, 1.165) is 25.3 Å². The third-order valence-corrected chi connectivity index (χ3v) is 5.30. The predicted octanol–water partition coefficient (Wildman–Crippen LogP) is 2.53. The van der Waals surface area contributed by atoms with Gasteiger partial charge in [-0.1, -0.05) is 18.0 Å². The van der Waals surface area contributed by atoms with Gasteiger partial charge in [0.05, 0.1) is 5.69 Å². The van der Waals surface area contributed by atoms with Crippen molar-refractivity contribution >= 4 is 27.3 Å². The molecule has 1 atom stereocenters. The van der Waals surface area contributed by atoms with Crippen LogP contribution in [0.1, 0.15) is 26.2 Å². The van der Waals surface area contributed by atoms with E-state index >= 15 is 0 Å². The molecule has 1 fully saturated rings. The molecule has 1 unspecified atom stereocenters. The predicted molar refractivity (Wildman–Crippen MR) is 72.9 cm³/mol. The average Bonchev–Trinajstić information content (AvgIpc) is 2.19. The Bertz CT molecular complexity index is 588. The van der Waals surface area contributed by atoms with Gasteiger partial charge < -0.3 is 5.73 Å². The molecule has 19 heavy (non-hydrogen) atoms. The van der Waals surface area contributed by atoms with Crippen molar-refractivity contribution in [2.75, 3.05) is 5.73 Å². The third kappa shape index (κ3) is 3.01. The van der Waals surface area contributed by atoms with Crippen LogP contribution in [0.4, 0.5) is 10.1 Å². The molecule has 0 radical (unpaired) electrons. The van der Waals surface area contributed by atoms with Gasteiger partial charge in [0.25, 0.3) is 0 Å². The standard InChI is InChI=1S/C12H16ClFN2O2S/c1-7(8-3-2-4-8)16-19(17,18)11-6-9(13)5-10(15)12(11)14/h5-8,16H,2-4,15H2,1H3. The second-order valence-electron chi connectivity index (χ2n) is 4.91. The normalized spacial score (nSPS) is 18.1. The van der Waals surface area contributed by atoms with Crippen molar-refractivity contribution in [2.24, 2.45) is 5.92 Å². The highest BCUT2D eigenvalue weighted by Gasteiger charge is 2.29. The summed E-state index contributed by atoms with van der Waals surface area (Å²) in [5, 5.41) is 0.0931. The minimum absolute atomic E-state index is 0.0931. The van der Waals surface area contributed by atoms with Crippen LogP contribution in [0.2, 0.25) is 5.02 Å². The number of benzene rings is 1. The number of rotatable bonds is 4. The highest BCUT2D eigenvalue weighted by molar-refractivity contribution is 7.89. The second-order valence-corrected chi connectivity index (χ2v) is 7.03. The zero-order valence-corrected chi connectivity index (χ0v) is 12.1. The SMILES string of the molecule is CC(NS(=O)(=O)c1cc(Cl)cc(N)c1F)C1CCC1. The summed E-state index contributed by atoms with van der Waals surface area (Å²) >= 11 is 5.73. The maximum Gasteiger partial charge on any atom is 0.243 e. The van der Waals surface area contributed by atoms with Crippen LogP contribution >= 0.6 is 11.6 Å². The number of halogens is 2. The zero-order valence-electron chi connectivity index (χ0n) is 10.5. The van der Waals surface area contributed by atoms with Gasteiger partial charge in [-0.3, -0.25) is 0 Å². The maximum atomic E-state index is 13.8. The summed E-state index contributed by atoms with van der Waals surface area (Å²) in [6, 6.07) is 2.03. The Morgan fingerprint density at radius 3 is 2.63 bits per heavy atom. The molecule has 1 aromatic carbocycles. The zero-order chi connectivity index (χ0) is 14.2. The molecule has 0 aliphatic heterocycles. The number of nitrogens with one attached hydrogen (secondary N) is 1. The van der Waals surface area contributed by atoms with E-state index in [9.17, 15) is 12.8 Å². The molecule has 3 N–H and O–H groups in total.